The number of rotatable bonds is 8. The quantitative estimate of drug-likeness (QED) is 0.677. The van der Waals surface area contributed by atoms with E-state index in [0.717, 1.165) is 23.5 Å². The van der Waals surface area contributed by atoms with Crippen LogP contribution in [0.25, 0.3) is 0 Å². The highest BCUT2D eigenvalue weighted by atomic mass is 32.2. The molecule has 2 nitrogen and oxygen atoms in total. The first-order valence-electron chi connectivity index (χ1n) is 7.10. The third-order valence-electron chi connectivity index (χ3n) is 3.22. The van der Waals surface area contributed by atoms with Crippen LogP contribution in [0.15, 0.2) is 59.5 Å². The Morgan fingerprint density at radius 2 is 1.76 bits per heavy atom. The minimum atomic E-state index is 0.312. The summed E-state index contributed by atoms with van der Waals surface area (Å²) in [5.74, 6) is 1.70. The fraction of sp³-hybridized carbons (Fsp3) is 0.278. The number of benzene rings is 2. The summed E-state index contributed by atoms with van der Waals surface area (Å²) in [6.07, 6.45) is 2.55. The summed E-state index contributed by atoms with van der Waals surface area (Å²) >= 11 is 1.59. The molecule has 0 saturated carbocycles. The average molecular weight is 300 g/mol. The van der Waals surface area contributed by atoms with E-state index in [2.05, 4.69) is 12.1 Å². The van der Waals surface area contributed by atoms with E-state index in [4.69, 9.17) is 4.74 Å². The van der Waals surface area contributed by atoms with E-state index < -0.39 is 0 Å². The lowest BCUT2D eigenvalue weighted by molar-refractivity contribution is -0.116. The second kappa shape index (κ2) is 8.53. The van der Waals surface area contributed by atoms with E-state index in [1.165, 1.54) is 5.56 Å². The van der Waals surface area contributed by atoms with Gasteiger partial charge in [-0.05, 0) is 42.7 Å². The molecule has 110 valence electrons. The van der Waals surface area contributed by atoms with E-state index in [0.29, 0.717) is 18.0 Å². The zero-order valence-electron chi connectivity index (χ0n) is 12.2. The highest BCUT2D eigenvalue weighted by Gasteiger charge is 2.04. The largest absolute Gasteiger partial charge is 0.497 e. The highest BCUT2D eigenvalue weighted by Crippen LogP contribution is 2.21. The Morgan fingerprint density at radius 3 is 2.43 bits per heavy atom. The van der Waals surface area contributed by atoms with Crippen LogP contribution < -0.4 is 4.74 Å². The number of carbonyl (C=O) groups excluding carboxylic acids is 1. The number of ketones is 1. The molecule has 0 aromatic heterocycles. The molecular weight excluding hydrogens is 280 g/mol. The monoisotopic (exact) mass is 300 g/mol. The summed E-state index contributed by atoms with van der Waals surface area (Å²) in [5.41, 5.74) is 1.30. The number of hydrogen-bond donors (Lipinski definition) is 0. The van der Waals surface area contributed by atoms with Gasteiger partial charge in [0.1, 0.15) is 11.5 Å². The second-order valence-corrected chi connectivity index (χ2v) is 5.89. The maximum Gasteiger partial charge on any atom is 0.143 e. The summed E-state index contributed by atoms with van der Waals surface area (Å²) in [5, 5.41) is 0. The van der Waals surface area contributed by atoms with E-state index in [1.54, 1.807) is 18.9 Å². The number of methoxy groups -OCH3 is 1. The Morgan fingerprint density at radius 1 is 1.05 bits per heavy atom. The minimum absolute atomic E-state index is 0.312. The fourth-order valence-electron chi connectivity index (χ4n) is 2.04. The lowest BCUT2D eigenvalue weighted by atomic mass is 10.1. The molecule has 2 rings (SSSR count). The van der Waals surface area contributed by atoms with Gasteiger partial charge in [-0.1, -0.05) is 30.3 Å². The molecule has 0 bridgehead atoms. The third kappa shape index (κ3) is 5.64. The van der Waals surface area contributed by atoms with Crippen molar-refractivity contribution in [2.75, 3.05) is 12.9 Å². The molecule has 2 aromatic carbocycles. The van der Waals surface area contributed by atoms with Crippen molar-refractivity contribution >= 4 is 17.5 Å². The lowest BCUT2D eigenvalue weighted by Crippen LogP contribution is -2.02. The summed E-state index contributed by atoms with van der Waals surface area (Å²) in [7, 11) is 1.65. The molecule has 2 aromatic rings. The van der Waals surface area contributed by atoms with Crippen LogP contribution in [0.1, 0.15) is 18.4 Å². The van der Waals surface area contributed by atoms with Crippen molar-refractivity contribution in [1.82, 2.24) is 0 Å². The smallest absolute Gasteiger partial charge is 0.143 e. The topological polar surface area (TPSA) is 26.3 Å². The molecule has 0 aliphatic carbocycles. The molecule has 0 amide bonds. The number of aryl methyl sites for hydroxylation is 1. The third-order valence-corrected chi connectivity index (χ3v) is 4.29. The number of hydrogen-bond acceptors (Lipinski definition) is 3. The number of thioether (sulfide) groups is 1. The van der Waals surface area contributed by atoms with Crippen molar-refractivity contribution in [2.45, 2.75) is 24.2 Å². The van der Waals surface area contributed by atoms with Gasteiger partial charge in [0.15, 0.2) is 0 Å². The summed E-state index contributed by atoms with van der Waals surface area (Å²) in [4.78, 5) is 13.0. The van der Waals surface area contributed by atoms with Gasteiger partial charge in [-0.15, -0.1) is 11.8 Å². The van der Waals surface area contributed by atoms with Crippen LogP contribution in [0.5, 0.6) is 5.75 Å². The Bertz CT molecular complexity index is 549. The Balaban J connectivity index is 1.67. The highest BCUT2D eigenvalue weighted by molar-refractivity contribution is 8.00. The van der Waals surface area contributed by atoms with Gasteiger partial charge in [-0.25, -0.2) is 0 Å². The van der Waals surface area contributed by atoms with Crippen LogP contribution in [-0.4, -0.2) is 18.6 Å². The first-order valence-corrected chi connectivity index (χ1v) is 8.09. The van der Waals surface area contributed by atoms with Crippen molar-refractivity contribution < 1.29 is 9.53 Å². The van der Waals surface area contributed by atoms with Crippen LogP contribution in [0.4, 0.5) is 0 Å². The van der Waals surface area contributed by atoms with Gasteiger partial charge >= 0.3 is 0 Å². The fourth-order valence-corrected chi connectivity index (χ4v) is 2.84. The van der Waals surface area contributed by atoms with E-state index >= 15 is 0 Å². The van der Waals surface area contributed by atoms with Crippen molar-refractivity contribution in [3.8, 4) is 5.75 Å². The summed E-state index contributed by atoms with van der Waals surface area (Å²) in [6, 6.07) is 18.1. The number of ether oxygens (including phenoxy) is 1. The zero-order valence-corrected chi connectivity index (χ0v) is 13.1. The molecule has 0 radical (unpaired) electrons. The van der Waals surface area contributed by atoms with Crippen molar-refractivity contribution in [3.63, 3.8) is 0 Å². The van der Waals surface area contributed by atoms with E-state index in [1.807, 2.05) is 42.5 Å². The molecule has 0 fully saturated rings. The number of Topliss-reactive ketones (excluding diaryl/α,β-unsaturated/α-hetero) is 1. The van der Waals surface area contributed by atoms with Crippen LogP contribution in [0, 0.1) is 0 Å². The predicted molar refractivity (Wildman–Crippen MR) is 88.1 cm³/mol. The van der Waals surface area contributed by atoms with Crippen LogP contribution in [0.3, 0.4) is 0 Å². The Kier molecular flexibility index (Phi) is 6.35. The summed E-state index contributed by atoms with van der Waals surface area (Å²) in [6.45, 7) is 0. The maximum atomic E-state index is 11.9. The standard InChI is InChI=1S/C18H20O2S/c1-20-17-10-12-18(13-11-17)21-14-16(19)9-5-8-15-6-3-2-4-7-15/h2-4,6-7,10-13H,5,8-9,14H2,1H3. The second-order valence-electron chi connectivity index (χ2n) is 4.84. The molecule has 0 heterocycles. The van der Waals surface area contributed by atoms with Gasteiger partial charge < -0.3 is 4.74 Å². The maximum absolute atomic E-state index is 11.9. The van der Waals surface area contributed by atoms with Crippen molar-refractivity contribution in [1.29, 1.82) is 0 Å². The molecule has 0 saturated heterocycles. The first-order chi connectivity index (χ1) is 10.3. The molecular formula is C18H20O2S. The number of carbonyl (C=O) groups is 1. The molecule has 0 atom stereocenters. The van der Waals surface area contributed by atoms with Gasteiger partial charge in [-0.2, -0.15) is 0 Å². The predicted octanol–water partition coefficient (Wildman–Crippen LogP) is 4.38. The van der Waals surface area contributed by atoms with Crippen LogP contribution >= 0.6 is 11.8 Å². The zero-order chi connectivity index (χ0) is 14.9. The average Bonchev–Trinajstić information content (AvgIpc) is 2.54. The van der Waals surface area contributed by atoms with Crippen molar-refractivity contribution in [3.05, 3.63) is 60.2 Å². The van der Waals surface area contributed by atoms with Gasteiger partial charge in [-0.3, -0.25) is 4.79 Å². The molecule has 0 aliphatic heterocycles. The Labute approximate surface area is 130 Å². The van der Waals surface area contributed by atoms with Gasteiger partial charge in [0.25, 0.3) is 0 Å². The Hall–Kier alpha value is -1.74. The molecule has 21 heavy (non-hydrogen) atoms. The normalized spacial score (nSPS) is 10.3. The first kappa shape index (κ1) is 15.6. The SMILES string of the molecule is COc1ccc(SCC(=O)CCCc2ccccc2)cc1. The van der Waals surface area contributed by atoms with Crippen LogP contribution in [0.2, 0.25) is 0 Å². The molecule has 0 aliphatic rings. The molecule has 0 spiro atoms. The minimum Gasteiger partial charge on any atom is -0.497 e. The molecule has 3 heteroatoms. The van der Waals surface area contributed by atoms with E-state index in [-0.39, 0.29) is 0 Å². The molecule has 0 unspecified atom stereocenters. The molecule has 0 N–H and O–H groups in total. The summed E-state index contributed by atoms with van der Waals surface area (Å²) < 4.78 is 5.11. The van der Waals surface area contributed by atoms with Crippen molar-refractivity contribution in [2.24, 2.45) is 0 Å². The van der Waals surface area contributed by atoms with E-state index in [9.17, 15) is 4.79 Å². The van der Waals surface area contributed by atoms with Gasteiger partial charge in [0.05, 0.1) is 12.9 Å². The lowest BCUT2D eigenvalue weighted by Gasteiger charge is -2.04. The van der Waals surface area contributed by atoms with Gasteiger partial charge in [0.2, 0.25) is 0 Å². The van der Waals surface area contributed by atoms with Crippen LogP contribution in [-0.2, 0) is 11.2 Å². The van der Waals surface area contributed by atoms with Gasteiger partial charge in [0, 0.05) is 11.3 Å².